The van der Waals surface area contributed by atoms with Crippen LogP contribution in [0.25, 0.3) is 0 Å². The molecule has 0 amide bonds. The van der Waals surface area contributed by atoms with Crippen molar-refractivity contribution in [3.63, 3.8) is 0 Å². The summed E-state index contributed by atoms with van der Waals surface area (Å²) < 4.78 is 12.4. The van der Waals surface area contributed by atoms with Crippen LogP contribution in [0.15, 0.2) is 0 Å². The number of hydrogen-bond acceptors (Lipinski definition) is 4. The van der Waals surface area contributed by atoms with E-state index in [4.69, 9.17) is 9.47 Å². The van der Waals surface area contributed by atoms with Crippen LogP contribution < -0.4 is 0 Å². The number of hydroxylamine groups is 3. The molecular weight excluding hydrogens is 462 g/mol. The number of quaternary nitrogens is 1. The molecule has 37 heavy (non-hydrogen) atoms. The van der Waals surface area contributed by atoms with E-state index in [-0.39, 0.29) is 23.7 Å². The Labute approximate surface area is 226 Å². The molecule has 5 heteroatoms. The lowest BCUT2D eigenvalue weighted by Gasteiger charge is -2.59. The summed E-state index contributed by atoms with van der Waals surface area (Å²) in [6.45, 7) is 13.3. The highest BCUT2D eigenvalue weighted by atomic mass is 16.6. The maximum absolute atomic E-state index is 12.3. The first-order chi connectivity index (χ1) is 17.5. The molecule has 4 saturated carbocycles. The summed E-state index contributed by atoms with van der Waals surface area (Å²) in [5, 5.41) is 12.3. The molecule has 1 aliphatic heterocycles. The number of hydrogen-bond donors (Lipinski definition) is 0. The minimum Gasteiger partial charge on any atom is -0.633 e. The van der Waals surface area contributed by atoms with Crippen LogP contribution in [0.5, 0.6) is 0 Å². The lowest BCUT2D eigenvalue weighted by Crippen LogP contribution is -2.59. The third-order valence-corrected chi connectivity index (χ3v) is 12.6. The Balaban J connectivity index is 1.22. The van der Waals surface area contributed by atoms with Gasteiger partial charge in [0.25, 0.3) is 0 Å². The summed E-state index contributed by atoms with van der Waals surface area (Å²) >= 11 is 0. The van der Waals surface area contributed by atoms with Crippen LogP contribution in [0.2, 0.25) is 0 Å². The molecule has 0 bridgehead atoms. The van der Waals surface area contributed by atoms with E-state index in [0.29, 0.717) is 31.0 Å². The Morgan fingerprint density at radius 2 is 1.86 bits per heavy atom. The highest BCUT2D eigenvalue weighted by Crippen LogP contribution is 2.74. The van der Waals surface area contributed by atoms with Gasteiger partial charge in [0.1, 0.15) is 18.7 Å². The Kier molecular flexibility index (Phi) is 7.71. The number of carbonyl (C=O) groups excluding carboxylic acids is 1. The van der Waals surface area contributed by atoms with E-state index >= 15 is 0 Å². The van der Waals surface area contributed by atoms with Crippen LogP contribution in [0.4, 0.5) is 0 Å². The third kappa shape index (κ3) is 4.87. The molecule has 0 aromatic heterocycles. The van der Waals surface area contributed by atoms with E-state index in [1.165, 1.54) is 57.8 Å². The lowest BCUT2D eigenvalue weighted by atomic mass is 9.44. The van der Waals surface area contributed by atoms with E-state index in [0.717, 1.165) is 48.3 Å². The van der Waals surface area contributed by atoms with Crippen LogP contribution in [0.3, 0.4) is 0 Å². The lowest BCUT2D eigenvalue weighted by molar-refractivity contribution is -0.852. The number of carbonyl (C=O) groups is 1. The molecule has 4 aliphatic carbocycles. The second kappa shape index (κ2) is 10.2. The Hall–Kier alpha value is -0.490. The standard InChI is InChI=1S/C32H55NO4/c1-22(2)8-7-9-23(3)26-10-11-27-25-20-29-32(37-29)21-24(36-19-17-33(6,35)16-18-34)12-15-31(32,5)28(25)13-14-30(26,27)4/h18,22-29H,7-17,19-21H2,1-6H3/t23-,24+,25+,26-,27+,28+,29?,30-,31-,32?,33?/m1/s1. The van der Waals surface area contributed by atoms with Gasteiger partial charge in [-0.3, -0.25) is 4.79 Å². The van der Waals surface area contributed by atoms with E-state index in [1.54, 1.807) is 7.05 Å². The van der Waals surface area contributed by atoms with Crippen molar-refractivity contribution < 1.29 is 18.9 Å². The van der Waals surface area contributed by atoms with Gasteiger partial charge in [0.05, 0.1) is 25.9 Å². The average molecular weight is 518 g/mol. The minimum atomic E-state index is -0.542. The maximum Gasteiger partial charge on any atom is 0.174 e. The van der Waals surface area contributed by atoms with E-state index < -0.39 is 4.65 Å². The number of epoxide rings is 1. The van der Waals surface area contributed by atoms with Crippen LogP contribution in [-0.2, 0) is 14.3 Å². The van der Waals surface area contributed by atoms with Gasteiger partial charge >= 0.3 is 0 Å². The number of rotatable bonds is 11. The van der Waals surface area contributed by atoms with E-state index in [9.17, 15) is 10.0 Å². The molecule has 1 saturated heterocycles. The Bertz CT molecular complexity index is 830. The first-order valence-electron chi connectivity index (χ1n) is 15.7. The van der Waals surface area contributed by atoms with Gasteiger partial charge in [-0.25, -0.2) is 0 Å². The van der Waals surface area contributed by atoms with Gasteiger partial charge in [-0.1, -0.05) is 53.9 Å². The summed E-state index contributed by atoms with van der Waals surface area (Å²) in [6.07, 6.45) is 15.7. The number of likely N-dealkylation sites (N-methyl/N-ethyl adjacent to an activating group) is 1. The van der Waals surface area contributed by atoms with Crippen molar-refractivity contribution >= 4 is 6.29 Å². The normalized spacial score (nSPS) is 46.8. The average Bonchev–Trinajstić information content (AvgIpc) is 3.39. The smallest absolute Gasteiger partial charge is 0.174 e. The maximum atomic E-state index is 12.3. The first-order valence-corrected chi connectivity index (χ1v) is 15.7. The van der Waals surface area contributed by atoms with Crippen LogP contribution in [0.1, 0.15) is 105 Å². The zero-order valence-corrected chi connectivity index (χ0v) is 24.7. The quantitative estimate of drug-likeness (QED) is 0.131. The van der Waals surface area contributed by atoms with Gasteiger partial charge in [-0.15, -0.1) is 0 Å². The SMILES string of the molecule is CC(C)CCC[C@@H](C)[C@H]1CC[C@H]2[C@@H]3CC4OC45C[C@@H](OCC[N+](C)([O-])CC=O)CC[C@]5(C)[C@H]3CC[C@]12C. The number of aldehydes is 1. The molecule has 0 N–H and O–H groups in total. The zero-order chi connectivity index (χ0) is 26.6. The highest BCUT2D eigenvalue weighted by molar-refractivity contribution is 5.50. The number of fused-ring (bicyclic) bond motifs is 4. The van der Waals surface area contributed by atoms with Crippen molar-refractivity contribution in [2.24, 2.45) is 46.3 Å². The predicted molar refractivity (Wildman–Crippen MR) is 148 cm³/mol. The molecule has 1 heterocycles. The molecule has 212 valence electrons. The van der Waals surface area contributed by atoms with Gasteiger partial charge < -0.3 is 19.3 Å². The fourth-order valence-corrected chi connectivity index (χ4v) is 10.5. The monoisotopic (exact) mass is 517 g/mol. The van der Waals surface area contributed by atoms with Gasteiger partial charge in [0.15, 0.2) is 6.29 Å². The molecule has 0 aromatic rings. The topological polar surface area (TPSA) is 61.9 Å². The molecule has 5 aliphatic rings. The number of nitrogens with zero attached hydrogens (tertiary/aromatic N) is 1. The van der Waals surface area contributed by atoms with Gasteiger partial charge in [0, 0.05) is 11.8 Å². The van der Waals surface area contributed by atoms with Crippen molar-refractivity contribution in [1.29, 1.82) is 0 Å². The van der Waals surface area contributed by atoms with Crippen molar-refractivity contribution in [1.82, 2.24) is 0 Å². The molecule has 5 fully saturated rings. The third-order valence-electron chi connectivity index (χ3n) is 12.6. The molecule has 3 unspecified atom stereocenters. The van der Waals surface area contributed by atoms with Gasteiger partial charge in [0.2, 0.25) is 0 Å². The van der Waals surface area contributed by atoms with Gasteiger partial charge in [-0.05, 0) is 85.9 Å². The largest absolute Gasteiger partial charge is 0.633 e. The molecule has 0 radical (unpaired) electrons. The molecule has 1 spiro atoms. The van der Waals surface area contributed by atoms with E-state index in [2.05, 4.69) is 34.6 Å². The predicted octanol–water partition coefficient (Wildman–Crippen LogP) is 6.77. The van der Waals surface area contributed by atoms with Crippen LogP contribution >= 0.6 is 0 Å². The van der Waals surface area contributed by atoms with Gasteiger partial charge in [-0.2, -0.15) is 0 Å². The van der Waals surface area contributed by atoms with Crippen molar-refractivity contribution in [2.75, 3.05) is 26.7 Å². The second-order valence-corrected chi connectivity index (χ2v) is 15.2. The zero-order valence-electron chi connectivity index (χ0n) is 24.7. The fraction of sp³-hybridized carbons (Fsp3) is 0.969. The van der Waals surface area contributed by atoms with Crippen molar-refractivity contribution in [3.05, 3.63) is 5.21 Å². The summed E-state index contributed by atoms with van der Waals surface area (Å²) in [6, 6.07) is 0. The highest BCUT2D eigenvalue weighted by Gasteiger charge is 2.76. The molecule has 0 aromatic carbocycles. The molecular formula is C32H55NO4. The summed E-state index contributed by atoms with van der Waals surface area (Å²) in [5.41, 5.74) is 0.795. The van der Waals surface area contributed by atoms with E-state index in [1.807, 2.05) is 0 Å². The summed E-state index contributed by atoms with van der Waals surface area (Å²) in [7, 11) is 1.56. The molecule has 5 nitrogen and oxygen atoms in total. The van der Waals surface area contributed by atoms with Crippen molar-refractivity contribution in [3.8, 4) is 0 Å². The first kappa shape index (κ1) is 28.1. The summed E-state index contributed by atoms with van der Waals surface area (Å²) in [5.74, 6) is 5.08. The number of ether oxygens (including phenoxy) is 2. The van der Waals surface area contributed by atoms with Crippen molar-refractivity contribution in [2.45, 2.75) is 123 Å². The second-order valence-electron chi connectivity index (χ2n) is 15.2. The minimum absolute atomic E-state index is 0.00194. The molecule has 11 atom stereocenters. The summed E-state index contributed by atoms with van der Waals surface area (Å²) in [4.78, 5) is 10.8. The fourth-order valence-electron chi connectivity index (χ4n) is 10.5. The van der Waals surface area contributed by atoms with Crippen LogP contribution in [-0.4, -0.2) is 55.5 Å². The Morgan fingerprint density at radius 3 is 2.59 bits per heavy atom. The molecule has 5 rings (SSSR count). The van der Waals surface area contributed by atoms with Crippen LogP contribution in [0, 0.1) is 51.5 Å². The Morgan fingerprint density at radius 1 is 1.08 bits per heavy atom.